The van der Waals surface area contributed by atoms with Crippen LogP contribution in [0.15, 0.2) is 30.6 Å². The fourth-order valence-electron chi connectivity index (χ4n) is 4.64. The Morgan fingerprint density at radius 3 is 2.47 bits per heavy atom. The number of aromatic carboxylic acids is 1. The number of rotatable bonds is 5. The molecule has 1 saturated heterocycles. The van der Waals surface area contributed by atoms with Crippen molar-refractivity contribution in [2.45, 2.75) is 26.1 Å². The molecule has 0 radical (unpaired) electrons. The van der Waals surface area contributed by atoms with E-state index in [2.05, 4.69) is 10.00 Å². The monoisotopic (exact) mass is 449 g/mol. The summed E-state index contributed by atoms with van der Waals surface area (Å²) in [4.78, 5) is 15.5. The van der Waals surface area contributed by atoms with Gasteiger partial charge >= 0.3 is 12.1 Å². The van der Waals surface area contributed by atoms with Crippen molar-refractivity contribution in [3.63, 3.8) is 0 Å². The summed E-state index contributed by atoms with van der Waals surface area (Å²) in [5.41, 5.74) is 4.28. The Labute approximate surface area is 183 Å². The first kappa shape index (κ1) is 22.3. The van der Waals surface area contributed by atoms with Crippen LogP contribution in [0.2, 0.25) is 0 Å². The molecule has 1 atom stereocenters. The number of carbonyl (C=O) groups is 1. The normalized spacial score (nSPS) is 17.2. The number of aromatic nitrogens is 3. The van der Waals surface area contributed by atoms with E-state index in [9.17, 15) is 23.1 Å². The summed E-state index contributed by atoms with van der Waals surface area (Å²) in [6.45, 7) is 4.46. The molecule has 172 valence electrons. The van der Waals surface area contributed by atoms with E-state index in [1.807, 2.05) is 36.7 Å². The number of piperazine rings is 1. The molecular formula is C22H26F3N5O2. The number of carboxylic acids is 1. The van der Waals surface area contributed by atoms with Crippen molar-refractivity contribution in [3.8, 4) is 11.3 Å². The number of hydrogen-bond acceptors (Lipinski definition) is 4. The second-order valence-electron chi connectivity index (χ2n) is 8.34. The maximum atomic E-state index is 12.7. The zero-order valence-corrected chi connectivity index (χ0v) is 18.2. The summed E-state index contributed by atoms with van der Waals surface area (Å²) in [6, 6.07) is 5.31. The Morgan fingerprint density at radius 2 is 1.91 bits per heavy atom. The van der Waals surface area contributed by atoms with Gasteiger partial charge in [0.2, 0.25) is 0 Å². The number of halogens is 3. The topological polar surface area (TPSA) is 66.0 Å². The third kappa shape index (κ3) is 4.24. The quantitative estimate of drug-likeness (QED) is 0.645. The van der Waals surface area contributed by atoms with Crippen LogP contribution in [-0.2, 0) is 7.05 Å². The van der Waals surface area contributed by atoms with Crippen LogP contribution in [0.3, 0.4) is 0 Å². The lowest BCUT2D eigenvalue weighted by Crippen LogP contribution is -2.49. The zero-order chi connectivity index (χ0) is 23.2. The molecule has 7 nitrogen and oxygen atoms in total. The lowest BCUT2D eigenvalue weighted by atomic mass is 10.0. The van der Waals surface area contributed by atoms with E-state index < -0.39 is 18.7 Å². The molecule has 1 aliphatic heterocycles. The molecule has 1 fully saturated rings. The predicted octanol–water partition coefficient (Wildman–Crippen LogP) is 3.59. The molecule has 3 aromatic rings. The minimum absolute atomic E-state index is 0.170. The van der Waals surface area contributed by atoms with Crippen LogP contribution in [0.1, 0.15) is 34.6 Å². The van der Waals surface area contributed by atoms with Gasteiger partial charge in [-0.25, -0.2) is 4.79 Å². The Hall–Kier alpha value is -2.85. The summed E-state index contributed by atoms with van der Waals surface area (Å²) >= 11 is 0. The van der Waals surface area contributed by atoms with E-state index in [0.29, 0.717) is 31.7 Å². The van der Waals surface area contributed by atoms with Crippen molar-refractivity contribution in [3.05, 3.63) is 47.4 Å². The molecular weight excluding hydrogens is 423 g/mol. The smallest absolute Gasteiger partial charge is 0.401 e. The second-order valence-corrected chi connectivity index (χ2v) is 8.34. The average Bonchev–Trinajstić information content (AvgIpc) is 3.31. The molecule has 32 heavy (non-hydrogen) atoms. The summed E-state index contributed by atoms with van der Waals surface area (Å²) < 4.78 is 42.0. The summed E-state index contributed by atoms with van der Waals surface area (Å²) in [7, 11) is 1.84. The molecule has 0 spiro atoms. The molecule has 0 aromatic carbocycles. The molecule has 3 aromatic heterocycles. The summed E-state index contributed by atoms with van der Waals surface area (Å²) in [5, 5.41) is 14.0. The van der Waals surface area contributed by atoms with Gasteiger partial charge in [-0.05, 0) is 37.6 Å². The van der Waals surface area contributed by atoms with E-state index >= 15 is 0 Å². The molecule has 1 aliphatic rings. The number of alkyl halides is 3. The third-order valence-corrected chi connectivity index (χ3v) is 6.29. The Bertz CT molecular complexity index is 1140. The molecule has 4 heterocycles. The maximum absolute atomic E-state index is 12.7. The van der Waals surface area contributed by atoms with Gasteiger partial charge in [-0.1, -0.05) is 0 Å². The van der Waals surface area contributed by atoms with E-state index in [-0.39, 0.29) is 11.6 Å². The van der Waals surface area contributed by atoms with Crippen LogP contribution < -0.4 is 0 Å². The van der Waals surface area contributed by atoms with Crippen LogP contribution in [0.4, 0.5) is 13.2 Å². The van der Waals surface area contributed by atoms with Gasteiger partial charge in [0.05, 0.1) is 17.8 Å². The number of nitrogens with zero attached hydrogens (tertiary/aromatic N) is 5. The third-order valence-electron chi connectivity index (χ3n) is 6.29. The first-order chi connectivity index (χ1) is 15.0. The minimum atomic E-state index is -4.21. The highest BCUT2D eigenvalue weighted by molar-refractivity contribution is 5.91. The highest BCUT2D eigenvalue weighted by atomic mass is 19.4. The molecule has 0 bridgehead atoms. The molecule has 0 amide bonds. The summed E-state index contributed by atoms with van der Waals surface area (Å²) in [5.74, 6) is -1.00. The van der Waals surface area contributed by atoms with Crippen LogP contribution in [0.25, 0.3) is 16.8 Å². The van der Waals surface area contributed by atoms with Gasteiger partial charge in [-0.3, -0.25) is 14.5 Å². The number of carboxylic acid groups (broad SMARTS) is 1. The van der Waals surface area contributed by atoms with Crippen molar-refractivity contribution in [2.24, 2.45) is 7.05 Å². The van der Waals surface area contributed by atoms with Crippen LogP contribution >= 0.6 is 0 Å². The molecule has 0 aliphatic carbocycles. The van der Waals surface area contributed by atoms with Gasteiger partial charge in [0.25, 0.3) is 0 Å². The van der Waals surface area contributed by atoms with Crippen molar-refractivity contribution < 1.29 is 23.1 Å². The van der Waals surface area contributed by atoms with E-state index in [4.69, 9.17) is 0 Å². The molecule has 10 heteroatoms. The molecule has 0 saturated carbocycles. The first-order valence-corrected chi connectivity index (χ1v) is 10.5. The Kier molecular flexibility index (Phi) is 5.76. The highest BCUT2D eigenvalue weighted by Gasteiger charge is 2.33. The predicted molar refractivity (Wildman–Crippen MR) is 114 cm³/mol. The maximum Gasteiger partial charge on any atom is 0.401 e. The Morgan fingerprint density at radius 1 is 1.22 bits per heavy atom. The van der Waals surface area contributed by atoms with Crippen molar-refractivity contribution in [1.29, 1.82) is 0 Å². The van der Waals surface area contributed by atoms with Gasteiger partial charge < -0.3 is 9.51 Å². The minimum Gasteiger partial charge on any atom is -0.478 e. The number of hydrogen-bond donors (Lipinski definition) is 1. The number of pyridine rings is 1. The van der Waals surface area contributed by atoms with E-state index in [0.717, 1.165) is 22.5 Å². The fourth-order valence-corrected chi connectivity index (χ4v) is 4.64. The van der Waals surface area contributed by atoms with Gasteiger partial charge in [-0.15, -0.1) is 0 Å². The second kappa shape index (κ2) is 8.25. The first-order valence-electron chi connectivity index (χ1n) is 10.5. The van der Waals surface area contributed by atoms with Gasteiger partial charge in [0.1, 0.15) is 0 Å². The van der Waals surface area contributed by atoms with Gasteiger partial charge in [-0.2, -0.15) is 18.3 Å². The standard InChI is InChI=1S/C22H26F3N5O2/c1-14-18(21(31)32)11-17-10-16(19-4-5-26-27(19)3)12-30(17)20(14)15(2)29-8-6-28(7-9-29)13-22(23,24)25/h4-5,10-12,15H,6-9,13H2,1-3H3,(H,31,32). The molecule has 1 N–H and O–H groups in total. The van der Waals surface area contributed by atoms with Gasteiger partial charge in [0.15, 0.2) is 0 Å². The molecule has 1 unspecified atom stereocenters. The Balaban J connectivity index is 1.70. The van der Waals surface area contributed by atoms with Gasteiger partial charge in [0, 0.05) is 68.4 Å². The van der Waals surface area contributed by atoms with E-state index in [1.165, 1.54) is 4.90 Å². The lowest BCUT2D eigenvalue weighted by molar-refractivity contribution is -0.149. The number of fused-ring (bicyclic) bond motifs is 1. The van der Waals surface area contributed by atoms with Crippen molar-refractivity contribution in [1.82, 2.24) is 24.0 Å². The van der Waals surface area contributed by atoms with Crippen LogP contribution in [0.5, 0.6) is 0 Å². The van der Waals surface area contributed by atoms with Crippen LogP contribution in [0, 0.1) is 6.92 Å². The molecule has 4 rings (SSSR count). The lowest BCUT2D eigenvalue weighted by Gasteiger charge is -2.39. The summed E-state index contributed by atoms with van der Waals surface area (Å²) in [6.07, 6.45) is -0.536. The SMILES string of the molecule is Cc1c(C(=O)O)cc2cc(-c3ccnn3C)cn2c1C(C)N1CCN(CC(F)(F)F)CC1. The van der Waals surface area contributed by atoms with E-state index in [1.54, 1.807) is 23.9 Å². The van der Waals surface area contributed by atoms with Crippen molar-refractivity contribution >= 4 is 11.5 Å². The van der Waals surface area contributed by atoms with Crippen molar-refractivity contribution in [2.75, 3.05) is 32.7 Å². The zero-order valence-electron chi connectivity index (χ0n) is 18.2. The highest BCUT2D eigenvalue weighted by Crippen LogP contribution is 2.32. The van der Waals surface area contributed by atoms with Crippen LogP contribution in [-0.4, -0.2) is 74.0 Å². The average molecular weight is 449 g/mol. The largest absolute Gasteiger partial charge is 0.478 e. The fraction of sp³-hybridized carbons (Fsp3) is 0.455. The number of aryl methyl sites for hydroxylation is 1.